The molecule has 1 atom stereocenters. The van der Waals surface area contributed by atoms with E-state index in [4.69, 9.17) is 15.2 Å². The number of nitrogens with two attached hydrogens (primary N) is 1. The Bertz CT molecular complexity index is 1640. The van der Waals surface area contributed by atoms with Crippen LogP contribution in [0.3, 0.4) is 0 Å². The summed E-state index contributed by atoms with van der Waals surface area (Å²) in [6.07, 6.45) is -1.05. The normalized spacial score (nSPS) is 17.3. The van der Waals surface area contributed by atoms with Gasteiger partial charge < -0.3 is 20.5 Å². The maximum Gasteiger partial charge on any atom is 0.339 e. The Morgan fingerprint density at radius 3 is 2.07 bits per heavy atom. The largest absolute Gasteiger partial charge is 0.460 e. The minimum Gasteiger partial charge on any atom is -0.460 e. The number of carbonyl (C=O) groups is 2. The molecule has 1 saturated heterocycles. The van der Waals surface area contributed by atoms with Crippen LogP contribution in [-0.4, -0.2) is 47.1 Å². The van der Waals surface area contributed by atoms with Gasteiger partial charge >= 0.3 is 11.9 Å². The molecule has 0 saturated carbocycles. The maximum atomic E-state index is 13.8. The summed E-state index contributed by atoms with van der Waals surface area (Å²) in [4.78, 5) is 40.1. The average molecular weight is 619 g/mol. The highest BCUT2D eigenvalue weighted by molar-refractivity contribution is 6.00. The van der Waals surface area contributed by atoms with Crippen molar-refractivity contribution in [3.05, 3.63) is 134 Å². The van der Waals surface area contributed by atoms with E-state index in [0.29, 0.717) is 24.4 Å². The lowest BCUT2D eigenvalue weighted by atomic mass is 9.81. The molecule has 0 spiro atoms. The first-order valence-electron chi connectivity index (χ1n) is 14.3. The number of carbonyl (C=O) groups excluding carboxylic acids is 2. The number of likely N-dealkylation sites (tertiary alicyclic amines) is 1. The summed E-state index contributed by atoms with van der Waals surface area (Å²) in [5.74, 6) is -3.45. The van der Waals surface area contributed by atoms with Crippen LogP contribution >= 0.6 is 0 Å². The van der Waals surface area contributed by atoms with E-state index in [-0.39, 0.29) is 28.7 Å². The minimum absolute atomic E-state index is 0.0539. The topological polar surface area (TPSA) is 137 Å². The van der Waals surface area contributed by atoms with Crippen molar-refractivity contribution < 1.29 is 32.8 Å². The molecule has 3 N–H and O–H groups in total. The number of esters is 2. The van der Waals surface area contributed by atoms with Gasteiger partial charge in [0, 0.05) is 30.9 Å². The smallest absolute Gasteiger partial charge is 0.339 e. The number of hydrogen-bond acceptors (Lipinski definition) is 9. The summed E-state index contributed by atoms with van der Waals surface area (Å²) < 4.78 is 38.7. The molecule has 0 amide bonds. The molecule has 0 aliphatic carbocycles. The number of nitro groups is 1. The molecule has 3 aromatic carbocycles. The predicted molar refractivity (Wildman–Crippen MR) is 160 cm³/mol. The first-order valence-corrected chi connectivity index (χ1v) is 14.3. The van der Waals surface area contributed by atoms with Crippen LogP contribution in [0.25, 0.3) is 0 Å². The number of ether oxygens (including phenoxy) is 2. The highest BCUT2D eigenvalue weighted by Gasteiger charge is 2.42. The van der Waals surface area contributed by atoms with Crippen LogP contribution in [0.2, 0.25) is 0 Å². The van der Waals surface area contributed by atoms with Crippen molar-refractivity contribution in [1.29, 1.82) is 0 Å². The summed E-state index contributed by atoms with van der Waals surface area (Å²) in [5, 5.41) is 14.4. The van der Waals surface area contributed by atoms with Gasteiger partial charge in [0.05, 0.1) is 34.1 Å². The van der Waals surface area contributed by atoms with Gasteiger partial charge in [0.2, 0.25) is 0 Å². The Hall–Kier alpha value is -5.10. The van der Waals surface area contributed by atoms with Gasteiger partial charge in [-0.05, 0) is 61.7 Å². The summed E-state index contributed by atoms with van der Waals surface area (Å²) in [5.41, 5.74) is 8.27. The molecule has 0 bridgehead atoms. The molecule has 1 fully saturated rings. The van der Waals surface area contributed by atoms with Crippen molar-refractivity contribution in [3.8, 4) is 0 Å². The molecule has 2 aliphatic heterocycles. The number of nitrogens with zero attached hydrogens (tertiary/aromatic N) is 2. The number of nitrogens with one attached hydrogen (secondary N) is 1. The molecule has 3 aromatic rings. The number of nitro benzene ring substituents is 1. The molecule has 5 rings (SSSR count). The van der Waals surface area contributed by atoms with Gasteiger partial charge in [-0.25, -0.2) is 18.4 Å². The van der Waals surface area contributed by atoms with Crippen molar-refractivity contribution in [2.75, 3.05) is 13.1 Å². The fourth-order valence-corrected chi connectivity index (χ4v) is 5.65. The molecule has 2 heterocycles. The highest BCUT2D eigenvalue weighted by Crippen LogP contribution is 2.40. The molecule has 234 valence electrons. The molecule has 2 aliphatic rings. The fourth-order valence-electron chi connectivity index (χ4n) is 5.65. The summed E-state index contributed by atoms with van der Waals surface area (Å²) >= 11 is 0. The van der Waals surface area contributed by atoms with E-state index in [1.54, 1.807) is 51.1 Å². The molecule has 12 heteroatoms. The number of rotatable bonds is 9. The van der Waals surface area contributed by atoms with Gasteiger partial charge in [0.15, 0.2) is 0 Å². The molecular formula is C33H32F2N4O6. The van der Waals surface area contributed by atoms with Crippen LogP contribution in [0.4, 0.5) is 14.5 Å². The number of allylic oxidation sites excluding steroid dienone is 1. The van der Waals surface area contributed by atoms with Gasteiger partial charge in [-0.1, -0.05) is 36.4 Å². The molecule has 0 aromatic heterocycles. The van der Waals surface area contributed by atoms with E-state index in [1.165, 1.54) is 42.5 Å². The van der Waals surface area contributed by atoms with Crippen LogP contribution in [0, 0.1) is 21.7 Å². The van der Waals surface area contributed by atoms with Crippen LogP contribution in [0.5, 0.6) is 0 Å². The van der Waals surface area contributed by atoms with E-state index in [9.17, 15) is 28.5 Å². The quantitative estimate of drug-likeness (QED) is 0.193. The predicted octanol–water partition coefficient (Wildman–Crippen LogP) is 4.97. The number of benzene rings is 3. The number of non-ortho nitro benzene ring substituents is 1. The lowest BCUT2D eigenvalue weighted by Gasteiger charge is -2.44. The minimum atomic E-state index is -1.10. The monoisotopic (exact) mass is 618 g/mol. The average Bonchev–Trinajstić information content (AvgIpc) is 2.96. The Morgan fingerprint density at radius 2 is 1.53 bits per heavy atom. The van der Waals surface area contributed by atoms with E-state index in [0.717, 1.165) is 11.1 Å². The zero-order valence-electron chi connectivity index (χ0n) is 24.8. The molecule has 45 heavy (non-hydrogen) atoms. The Balaban J connectivity index is 1.41. The van der Waals surface area contributed by atoms with Crippen LogP contribution in [0.1, 0.15) is 49.4 Å². The van der Waals surface area contributed by atoms with E-state index in [2.05, 4.69) is 5.32 Å². The van der Waals surface area contributed by atoms with Crippen molar-refractivity contribution in [3.63, 3.8) is 0 Å². The third kappa shape index (κ3) is 6.70. The molecule has 0 radical (unpaired) electrons. The summed E-state index contributed by atoms with van der Waals surface area (Å²) in [6.45, 7) is 5.55. The summed E-state index contributed by atoms with van der Waals surface area (Å²) in [6, 6.07) is 17.3. The Labute approximate surface area is 258 Å². The van der Waals surface area contributed by atoms with E-state index in [1.807, 2.05) is 4.90 Å². The zero-order valence-corrected chi connectivity index (χ0v) is 24.8. The van der Waals surface area contributed by atoms with Gasteiger partial charge in [0.25, 0.3) is 5.69 Å². The number of dihydropyridines is 1. The van der Waals surface area contributed by atoms with Crippen molar-refractivity contribution in [1.82, 2.24) is 10.2 Å². The SMILES string of the molecule is CC1=C(C(=O)OC(C)C)C(c2cccc([N+](=O)[O-])c2)C(C(=O)OC2CN(C(c3ccc(F)cc3)c3ccc(F)cc3)C2)=C(N)N1. The maximum absolute atomic E-state index is 13.8. The van der Waals surface area contributed by atoms with Gasteiger partial charge in [-0.2, -0.15) is 0 Å². The lowest BCUT2D eigenvalue weighted by molar-refractivity contribution is -0.384. The van der Waals surface area contributed by atoms with Crippen molar-refractivity contribution >= 4 is 17.6 Å². The van der Waals surface area contributed by atoms with Crippen LogP contribution in [0.15, 0.2) is 95.5 Å². The van der Waals surface area contributed by atoms with E-state index < -0.39 is 46.6 Å². The van der Waals surface area contributed by atoms with Gasteiger partial charge in [0.1, 0.15) is 23.6 Å². The Morgan fingerprint density at radius 1 is 0.956 bits per heavy atom. The summed E-state index contributed by atoms with van der Waals surface area (Å²) in [7, 11) is 0. The second-order valence-corrected chi connectivity index (χ2v) is 11.2. The second-order valence-electron chi connectivity index (χ2n) is 11.2. The molecule has 1 unspecified atom stereocenters. The van der Waals surface area contributed by atoms with E-state index >= 15 is 0 Å². The fraction of sp³-hybridized carbons (Fsp3) is 0.273. The van der Waals surface area contributed by atoms with Gasteiger partial charge in [-0.15, -0.1) is 0 Å². The third-order valence-corrected chi connectivity index (χ3v) is 7.68. The first-order chi connectivity index (χ1) is 21.4. The van der Waals surface area contributed by atoms with Crippen LogP contribution < -0.4 is 11.1 Å². The van der Waals surface area contributed by atoms with Crippen LogP contribution in [-0.2, 0) is 19.1 Å². The highest BCUT2D eigenvalue weighted by atomic mass is 19.1. The molecular weight excluding hydrogens is 586 g/mol. The van der Waals surface area contributed by atoms with Crippen molar-refractivity contribution in [2.24, 2.45) is 5.73 Å². The van der Waals surface area contributed by atoms with Crippen molar-refractivity contribution in [2.45, 2.75) is 44.9 Å². The standard InChI is InChI=1S/C33H32F2N4O6/c1-18(2)44-32(40)27-19(3)37-31(36)29(28(27)22-5-4-6-25(15-22)39(42)43)33(41)45-26-16-38(17-26)30(20-7-11-23(34)12-8-20)21-9-13-24(35)14-10-21/h4-15,18,26,28,30,37H,16-17,36H2,1-3H3. The number of hydrogen-bond donors (Lipinski definition) is 2. The Kier molecular flexibility index (Phi) is 8.96. The zero-order chi connectivity index (χ0) is 32.4. The van der Waals surface area contributed by atoms with Gasteiger partial charge in [-0.3, -0.25) is 15.0 Å². The lowest BCUT2D eigenvalue weighted by Crippen LogP contribution is -2.54. The molecule has 10 nitrogen and oxygen atoms in total. The number of halogens is 2. The third-order valence-electron chi connectivity index (χ3n) is 7.68. The first kappa shape index (κ1) is 31.3. The second kappa shape index (κ2) is 12.9.